The number of imidazole rings is 1. The van der Waals surface area contributed by atoms with Crippen LogP contribution in [0.25, 0.3) is 21.3 Å². The lowest BCUT2D eigenvalue weighted by atomic mass is 10.1. The second-order valence-corrected chi connectivity index (χ2v) is 8.94. The van der Waals surface area contributed by atoms with Gasteiger partial charge in [-0.2, -0.15) is 0 Å². The van der Waals surface area contributed by atoms with Crippen molar-refractivity contribution in [1.29, 1.82) is 0 Å². The molecule has 4 N–H and O–H groups in total. The molecule has 1 aliphatic heterocycles. The first-order chi connectivity index (χ1) is 15.0. The smallest absolute Gasteiger partial charge is 0.167 e. The highest BCUT2D eigenvalue weighted by Crippen LogP contribution is 2.32. The van der Waals surface area contributed by atoms with Crippen molar-refractivity contribution in [2.45, 2.75) is 43.9 Å². The molecule has 1 saturated heterocycles. The van der Waals surface area contributed by atoms with E-state index in [2.05, 4.69) is 45.4 Å². The van der Waals surface area contributed by atoms with E-state index >= 15 is 0 Å². The Balaban J connectivity index is 1.37. The summed E-state index contributed by atoms with van der Waals surface area (Å²) in [6, 6.07) is 10.6. The van der Waals surface area contributed by atoms with E-state index < -0.39 is 31.1 Å². The third-order valence-corrected chi connectivity index (χ3v) is 6.66. The fraction of sp³-hybridized carbons (Fsp3) is 0.381. The van der Waals surface area contributed by atoms with E-state index in [9.17, 15) is 15.3 Å². The molecule has 1 aliphatic rings. The molecule has 162 valence electrons. The highest BCUT2D eigenvalue weighted by atomic mass is 32.1. The van der Waals surface area contributed by atoms with Crippen molar-refractivity contribution in [1.82, 2.24) is 19.5 Å². The minimum atomic E-state index is -1.20. The standard InChI is InChI=1S/C21H23N5O4S/c1-11(6-13-7-12-4-2-3-5-15(12)31-13)25-19-16-20(23-9-22-19)26(10-24-16)21-18(29)17(28)14(8-27)30-21/h2-5,7,9-11,14,17-18,21,27-29H,6,8H2,1H3,(H,22,23,25)/t11-,14-,17-,18-,21-/m1/s1. The number of thiophene rings is 1. The largest absolute Gasteiger partial charge is 0.394 e. The first-order valence-corrected chi connectivity index (χ1v) is 10.9. The van der Waals surface area contributed by atoms with Crippen LogP contribution in [-0.2, 0) is 11.2 Å². The molecule has 0 unspecified atom stereocenters. The number of benzene rings is 1. The first-order valence-electron chi connectivity index (χ1n) is 10.1. The van der Waals surface area contributed by atoms with Crippen LogP contribution in [0, 0.1) is 0 Å². The van der Waals surface area contributed by atoms with Crippen molar-refractivity contribution in [2.24, 2.45) is 0 Å². The van der Waals surface area contributed by atoms with E-state index in [0.29, 0.717) is 17.0 Å². The summed E-state index contributed by atoms with van der Waals surface area (Å²) < 4.78 is 8.44. The van der Waals surface area contributed by atoms with Crippen molar-refractivity contribution in [3.63, 3.8) is 0 Å². The number of fused-ring (bicyclic) bond motifs is 2. The molecule has 0 spiro atoms. The Kier molecular flexibility index (Phi) is 5.32. The number of nitrogens with one attached hydrogen (secondary N) is 1. The molecule has 0 saturated carbocycles. The number of nitrogens with zero attached hydrogens (tertiary/aromatic N) is 4. The van der Waals surface area contributed by atoms with Crippen LogP contribution in [0.4, 0.5) is 5.82 Å². The van der Waals surface area contributed by atoms with E-state index in [0.717, 1.165) is 6.42 Å². The average molecular weight is 442 g/mol. The first kappa shape index (κ1) is 20.3. The zero-order valence-electron chi connectivity index (χ0n) is 16.8. The highest BCUT2D eigenvalue weighted by Gasteiger charge is 2.44. The molecule has 4 heterocycles. The van der Waals surface area contributed by atoms with Gasteiger partial charge in [0.1, 0.15) is 24.6 Å². The molecule has 10 heteroatoms. The monoisotopic (exact) mass is 441 g/mol. The second-order valence-electron chi connectivity index (χ2n) is 7.78. The number of aliphatic hydroxyl groups is 3. The summed E-state index contributed by atoms with van der Waals surface area (Å²) in [5.41, 5.74) is 1.02. The lowest BCUT2D eigenvalue weighted by Crippen LogP contribution is -2.33. The van der Waals surface area contributed by atoms with Gasteiger partial charge in [-0.3, -0.25) is 4.57 Å². The summed E-state index contributed by atoms with van der Waals surface area (Å²) in [4.78, 5) is 14.3. The van der Waals surface area contributed by atoms with Gasteiger partial charge >= 0.3 is 0 Å². The van der Waals surface area contributed by atoms with Gasteiger partial charge in [0.2, 0.25) is 0 Å². The lowest BCUT2D eigenvalue weighted by molar-refractivity contribution is -0.0511. The maximum absolute atomic E-state index is 10.3. The number of rotatable bonds is 6. The van der Waals surface area contributed by atoms with Crippen molar-refractivity contribution < 1.29 is 20.1 Å². The fourth-order valence-electron chi connectivity index (χ4n) is 3.98. The molecular weight excluding hydrogens is 418 g/mol. The summed E-state index contributed by atoms with van der Waals surface area (Å²) in [5, 5.41) is 34.4. The van der Waals surface area contributed by atoms with Gasteiger partial charge in [-0.1, -0.05) is 18.2 Å². The molecule has 9 nitrogen and oxygen atoms in total. The van der Waals surface area contributed by atoms with Gasteiger partial charge in [0, 0.05) is 22.0 Å². The Bertz CT molecular complexity index is 1180. The van der Waals surface area contributed by atoms with Crippen LogP contribution in [0.2, 0.25) is 0 Å². The van der Waals surface area contributed by atoms with Gasteiger partial charge in [-0.25, -0.2) is 15.0 Å². The molecule has 5 atom stereocenters. The molecule has 1 aromatic carbocycles. The second kappa shape index (κ2) is 8.13. The van der Waals surface area contributed by atoms with Crippen LogP contribution < -0.4 is 5.32 Å². The number of aromatic nitrogens is 4. The van der Waals surface area contributed by atoms with Crippen LogP contribution in [0.1, 0.15) is 18.0 Å². The quantitative estimate of drug-likeness (QED) is 0.356. The Hall–Kier alpha value is -2.63. The highest BCUT2D eigenvalue weighted by molar-refractivity contribution is 7.19. The third kappa shape index (κ3) is 3.66. The zero-order valence-corrected chi connectivity index (χ0v) is 17.6. The van der Waals surface area contributed by atoms with E-state index in [1.807, 2.05) is 12.1 Å². The maximum Gasteiger partial charge on any atom is 0.167 e. The Labute approximate surface area is 182 Å². The minimum Gasteiger partial charge on any atom is -0.394 e. The molecule has 0 radical (unpaired) electrons. The van der Waals surface area contributed by atoms with Gasteiger partial charge in [0.15, 0.2) is 23.2 Å². The van der Waals surface area contributed by atoms with E-state index in [1.54, 1.807) is 15.9 Å². The van der Waals surface area contributed by atoms with E-state index in [4.69, 9.17) is 4.74 Å². The van der Waals surface area contributed by atoms with Gasteiger partial charge in [-0.15, -0.1) is 11.3 Å². The topological polar surface area (TPSA) is 126 Å². The average Bonchev–Trinajstić information content (AvgIpc) is 3.44. The number of anilines is 1. The van der Waals surface area contributed by atoms with E-state index in [1.165, 1.54) is 27.6 Å². The molecule has 4 aromatic rings. The number of ether oxygens (including phenoxy) is 1. The predicted octanol–water partition coefficient (Wildman–Crippen LogP) is 1.70. The maximum atomic E-state index is 10.3. The summed E-state index contributed by atoms with van der Waals surface area (Å²) >= 11 is 1.78. The summed E-state index contributed by atoms with van der Waals surface area (Å²) in [5.74, 6) is 0.587. The molecule has 5 rings (SSSR count). The van der Waals surface area contributed by atoms with Crippen LogP contribution in [-0.4, -0.2) is 65.8 Å². The van der Waals surface area contributed by atoms with Crippen LogP contribution in [0.5, 0.6) is 0 Å². The number of hydrogen-bond acceptors (Lipinski definition) is 9. The minimum absolute atomic E-state index is 0.102. The molecule has 0 aliphatic carbocycles. The summed E-state index contributed by atoms with van der Waals surface area (Å²) in [6.45, 7) is 1.69. The van der Waals surface area contributed by atoms with Crippen molar-refractivity contribution in [3.05, 3.63) is 47.9 Å². The van der Waals surface area contributed by atoms with Gasteiger partial charge < -0.3 is 25.4 Å². The van der Waals surface area contributed by atoms with Gasteiger partial charge in [-0.05, 0) is 24.4 Å². The zero-order chi connectivity index (χ0) is 21.5. The Morgan fingerprint density at radius 2 is 2.03 bits per heavy atom. The van der Waals surface area contributed by atoms with Gasteiger partial charge in [0.25, 0.3) is 0 Å². The Morgan fingerprint density at radius 3 is 2.81 bits per heavy atom. The molecule has 0 amide bonds. The fourth-order valence-corrected chi connectivity index (χ4v) is 5.17. The van der Waals surface area contributed by atoms with Crippen molar-refractivity contribution in [3.8, 4) is 0 Å². The van der Waals surface area contributed by atoms with Crippen LogP contribution >= 0.6 is 11.3 Å². The lowest BCUT2D eigenvalue weighted by Gasteiger charge is -2.17. The third-order valence-electron chi connectivity index (χ3n) is 5.52. The molecule has 31 heavy (non-hydrogen) atoms. The summed E-state index contributed by atoms with van der Waals surface area (Å²) in [6.07, 6.45) is -0.381. The number of hydrogen-bond donors (Lipinski definition) is 4. The van der Waals surface area contributed by atoms with Crippen molar-refractivity contribution >= 4 is 38.4 Å². The Morgan fingerprint density at radius 1 is 1.19 bits per heavy atom. The van der Waals surface area contributed by atoms with Crippen LogP contribution in [0.15, 0.2) is 43.0 Å². The number of aliphatic hydroxyl groups excluding tert-OH is 3. The van der Waals surface area contributed by atoms with E-state index in [-0.39, 0.29) is 6.04 Å². The van der Waals surface area contributed by atoms with Crippen molar-refractivity contribution in [2.75, 3.05) is 11.9 Å². The molecule has 0 bridgehead atoms. The molecular formula is C21H23N5O4S. The molecule has 1 fully saturated rings. The van der Waals surface area contributed by atoms with Gasteiger partial charge in [0.05, 0.1) is 12.9 Å². The SMILES string of the molecule is C[C@H](Cc1cc2ccccc2s1)Nc1ncnc2c1ncn2[C@@H]1O[C@H](CO)[C@@H](O)[C@H]1O. The summed E-state index contributed by atoms with van der Waals surface area (Å²) in [7, 11) is 0. The normalized spacial score (nSPS) is 24.8. The van der Waals surface area contributed by atoms with Crippen LogP contribution in [0.3, 0.4) is 0 Å². The predicted molar refractivity (Wildman–Crippen MR) is 117 cm³/mol. The molecule has 3 aromatic heterocycles.